The molecule has 1 unspecified atom stereocenters. The van der Waals surface area contributed by atoms with E-state index >= 15 is 0 Å². The molecule has 6 nitrogen and oxygen atoms in total. The summed E-state index contributed by atoms with van der Waals surface area (Å²) >= 11 is 5.99. The Kier molecular flexibility index (Phi) is 4.36. The molecular formula is C20H18ClN3O3. The molecule has 1 amide bonds. The summed E-state index contributed by atoms with van der Waals surface area (Å²) in [5, 5.41) is 4.92. The molecule has 0 fully saturated rings. The van der Waals surface area contributed by atoms with Crippen LogP contribution in [0.25, 0.3) is 5.52 Å². The van der Waals surface area contributed by atoms with Crippen LogP contribution in [0.2, 0.25) is 5.02 Å². The molecule has 1 aliphatic rings. The van der Waals surface area contributed by atoms with Gasteiger partial charge in [0.2, 0.25) is 0 Å². The van der Waals surface area contributed by atoms with Gasteiger partial charge in [0.1, 0.15) is 0 Å². The van der Waals surface area contributed by atoms with Gasteiger partial charge in [-0.1, -0.05) is 17.7 Å². The zero-order valence-electron chi connectivity index (χ0n) is 15.0. The van der Waals surface area contributed by atoms with E-state index < -0.39 is 0 Å². The quantitative estimate of drug-likeness (QED) is 0.635. The van der Waals surface area contributed by atoms with E-state index in [0.717, 1.165) is 23.1 Å². The van der Waals surface area contributed by atoms with Crippen molar-refractivity contribution in [2.24, 2.45) is 0 Å². The van der Waals surface area contributed by atoms with Crippen molar-refractivity contribution in [2.45, 2.75) is 19.4 Å². The van der Waals surface area contributed by atoms with E-state index in [1.807, 2.05) is 25.1 Å². The number of carbonyl (C=O) groups is 2. The van der Waals surface area contributed by atoms with E-state index in [1.165, 1.54) is 7.11 Å². The average Bonchev–Trinajstić information content (AvgIpc) is 3.10. The van der Waals surface area contributed by atoms with Gasteiger partial charge in [-0.05, 0) is 54.8 Å². The summed E-state index contributed by atoms with van der Waals surface area (Å²) < 4.78 is 6.41. The molecule has 2 aromatic heterocycles. The Morgan fingerprint density at radius 2 is 2.04 bits per heavy atom. The van der Waals surface area contributed by atoms with Crippen LogP contribution in [-0.2, 0) is 11.2 Å². The van der Waals surface area contributed by atoms with E-state index in [0.29, 0.717) is 22.8 Å². The summed E-state index contributed by atoms with van der Waals surface area (Å²) in [5.74, 6) is -0.526. The number of methoxy groups -OCH3 is 1. The van der Waals surface area contributed by atoms with Crippen molar-refractivity contribution in [1.29, 1.82) is 0 Å². The molecule has 0 radical (unpaired) electrons. The number of halogens is 1. The maximum absolute atomic E-state index is 13.1. The molecule has 0 saturated carbocycles. The summed E-state index contributed by atoms with van der Waals surface area (Å²) in [5.41, 5.74) is 3.77. The molecule has 0 saturated heterocycles. The number of amides is 1. The Bertz CT molecular complexity index is 1060. The third-order valence-electron chi connectivity index (χ3n) is 5.01. The second kappa shape index (κ2) is 6.70. The van der Waals surface area contributed by atoms with Crippen LogP contribution >= 0.6 is 11.6 Å². The van der Waals surface area contributed by atoms with Crippen LogP contribution in [0.4, 0.5) is 0 Å². The normalized spacial score (nSPS) is 16.3. The first-order valence-corrected chi connectivity index (χ1v) is 9.03. The Labute approximate surface area is 161 Å². The number of carbonyl (C=O) groups excluding carboxylic acids is 2. The van der Waals surface area contributed by atoms with Gasteiger partial charge in [0.05, 0.1) is 29.3 Å². The van der Waals surface area contributed by atoms with Crippen LogP contribution in [0.1, 0.15) is 44.9 Å². The van der Waals surface area contributed by atoms with Crippen molar-refractivity contribution < 1.29 is 14.3 Å². The van der Waals surface area contributed by atoms with E-state index in [-0.39, 0.29) is 17.9 Å². The molecule has 0 aliphatic carbocycles. The lowest BCUT2D eigenvalue weighted by atomic mass is 9.91. The highest BCUT2D eigenvalue weighted by Gasteiger charge is 2.30. The van der Waals surface area contributed by atoms with Gasteiger partial charge < -0.3 is 9.64 Å². The molecule has 1 aromatic carbocycles. The number of pyridine rings is 1. The van der Waals surface area contributed by atoms with Gasteiger partial charge in [0, 0.05) is 12.7 Å². The standard InChI is InChI=1S/C20H18ClN3O3/c1-12-17-9-14(20(26)27-2)4-3-13(17)7-8-23(12)19(25)18-10-16-6-5-15(21)11-24(16)22-18/h3-6,9-12H,7-8H2,1-2H3. The Hall–Kier alpha value is -2.86. The van der Waals surface area contributed by atoms with Crippen molar-refractivity contribution in [3.63, 3.8) is 0 Å². The van der Waals surface area contributed by atoms with Crippen LogP contribution in [0.15, 0.2) is 42.6 Å². The lowest BCUT2D eigenvalue weighted by molar-refractivity contribution is 0.0600. The molecule has 0 N–H and O–H groups in total. The zero-order chi connectivity index (χ0) is 19.1. The predicted molar refractivity (Wildman–Crippen MR) is 101 cm³/mol. The minimum absolute atomic E-state index is 0.142. The van der Waals surface area contributed by atoms with Crippen molar-refractivity contribution in [3.05, 3.63) is 70.0 Å². The molecule has 0 spiro atoms. The molecule has 1 aliphatic heterocycles. The number of fused-ring (bicyclic) bond motifs is 2. The minimum Gasteiger partial charge on any atom is -0.465 e. The highest BCUT2D eigenvalue weighted by Crippen LogP contribution is 2.31. The van der Waals surface area contributed by atoms with E-state index in [2.05, 4.69) is 5.10 Å². The van der Waals surface area contributed by atoms with Crippen LogP contribution in [0.3, 0.4) is 0 Å². The van der Waals surface area contributed by atoms with Crippen LogP contribution in [-0.4, -0.2) is 40.0 Å². The van der Waals surface area contributed by atoms with Gasteiger partial charge in [-0.3, -0.25) is 4.79 Å². The first kappa shape index (κ1) is 17.5. The third-order valence-corrected chi connectivity index (χ3v) is 5.23. The number of hydrogen-bond donors (Lipinski definition) is 0. The van der Waals surface area contributed by atoms with Crippen molar-refractivity contribution in [2.75, 3.05) is 13.7 Å². The number of nitrogens with zero attached hydrogens (tertiary/aromatic N) is 3. The number of hydrogen-bond acceptors (Lipinski definition) is 4. The van der Waals surface area contributed by atoms with Crippen molar-refractivity contribution in [1.82, 2.24) is 14.5 Å². The lowest BCUT2D eigenvalue weighted by Crippen LogP contribution is -2.39. The fourth-order valence-electron chi connectivity index (χ4n) is 3.55. The number of esters is 1. The van der Waals surface area contributed by atoms with Crippen LogP contribution in [0, 0.1) is 0 Å². The second-order valence-electron chi connectivity index (χ2n) is 6.58. The smallest absolute Gasteiger partial charge is 0.337 e. The molecule has 4 rings (SSSR count). The predicted octanol–water partition coefficient (Wildman–Crippen LogP) is 3.53. The van der Waals surface area contributed by atoms with Crippen molar-refractivity contribution in [3.8, 4) is 0 Å². The first-order chi connectivity index (χ1) is 13.0. The Morgan fingerprint density at radius 1 is 1.22 bits per heavy atom. The Morgan fingerprint density at radius 3 is 2.81 bits per heavy atom. The van der Waals surface area contributed by atoms with Gasteiger partial charge in [0.25, 0.3) is 5.91 Å². The molecule has 27 heavy (non-hydrogen) atoms. The molecule has 3 aromatic rings. The van der Waals surface area contributed by atoms with Gasteiger partial charge in [0.15, 0.2) is 5.69 Å². The summed E-state index contributed by atoms with van der Waals surface area (Å²) in [7, 11) is 1.36. The SMILES string of the molecule is COC(=O)c1ccc2c(c1)C(C)N(C(=O)c1cc3ccc(Cl)cn3n1)CC2. The maximum atomic E-state index is 13.1. The molecule has 7 heteroatoms. The number of benzene rings is 1. The van der Waals surface area contributed by atoms with Gasteiger partial charge >= 0.3 is 5.97 Å². The first-order valence-electron chi connectivity index (χ1n) is 8.65. The van der Waals surface area contributed by atoms with Crippen LogP contribution < -0.4 is 0 Å². The molecule has 0 bridgehead atoms. The Balaban J connectivity index is 1.66. The summed E-state index contributed by atoms with van der Waals surface area (Å²) in [4.78, 5) is 26.7. The fourth-order valence-corrected chi connectivity index (χ4v) is 3.70. The summed E-state index contributed by atoms with van der Waals surface area (Å²) in [6.07, 6.45) is 2.40. The molecule has 138 valence electrons. The monoisotopic (exact) mass is 383 g/mol. The number of aromatic nitrogens is 2. The number of ether oxygens (including phenoxy) is 1. The van der Waals surface area contributed by atoms with Crippen LogP contribution in [0.5, 0.6) is 0 Å². The lowest BCUT2D eigenvalue weighted by Gasteiger charge is -2.35. The largest absolute Gasteiger partial charge is 0.465 e. The highest BCUT2D eigenvalue weighted by atomic mass is 35.5. The van der Waals surface area contributed by atoms with E-state index in [1.54, 1.807) is 33.8 Å². The van der Waals surface area contributed by atoms with E-state index in [9.17, 15) is 9.59 Å². The zero-order valence-corrected chi connectivity index (χ0v) is 15.7. The summed E-state index contributed by atoms with van der Waals surface area (Å²) in [6.45, 7) is 2.56. The molecular weight excluding hydrogens is 366 g/mol. The number of rotatable bonds is 2. The molecule has 3 heterocycles. The molecule has 1 atom stereocenters. The third kappa shape index (κ3) is 3.06. The average molecular weight is 384 g/mol. The summed E-state index contributed by atoms with van der Waals surface area (Å²) in [6, 6.07) is 10.7. The van der Waals surface area contributed by atoms with Gasteiger partial charge in [-0.2, -0.15) is 5.10 Å². The highest BCUT2D eigenvalue weighted by molar-refractivity contribution is 6.30. The fraction of sp³-hybridized carbons (Fsp3) is 0.250. The van der Waals surface area contributed by atoms with Gasteiger partial charge in [-0.25, -0.2) is 9.31 Å². The second-order valence-corrected chi connectivity index (χ2v) is 7.01. The van der Waals surface area contributed by atoms with Crippen molar-refractivity contribution >= 4 is 29.0 Å². The van der Waals surface area contributed by atoms with Gasteiger partial charge in [-0.15, -0.1) is 0 Å². The minimum atomic E-state index is -0.384. The topological polar surface area (TPSA) is 63.9 Å². The van der Waals surface area contributed by atoms with E-state index in [4.69, 9.17) is 16.3 Å². The maximum Gasteiger partial charge on any atom is 0.337 e.